The van der Waals surface area contributed by atoms with Crippen molar-refractivity contribution in [2.75, 3.05) is 47.5 Å². The van der Waals surface area contributed by atoms with Crippen LogP contribution in [0.25, 0.3) is 0 Å². The lowest BCUT2D eigenvalue weighted by Crippen LogP contribution is -2.37. The van der Waals surface area contributed by atoms with E-state index in [-0.39, 0.29) is 26.1 Å². The molecule has 0 N–H and O–H groups in total. The van der Waals surface area contributed by atoms with Gasteiger partial charge in [-0.3, -0.25) is 14.2 Å². The molecule has 0 bridgehead atoms. The number of unbranched alkanes of at least 4 members (excludes halogenated alkanes) is 10. The zero-order valence-electron chi connectivity index (χ0n) is 34.4. The number of esters is 2. The van der Waals surface area contributed by atoms with E-state index in [0.29, 0.717) is 23.9 Å². The molecule has 2 unspecified atom stereocenters. The minimum absolute atomic E-state index is 0.0513. The number of carbonyl (C=O) groups excluding carboxylic acids is 2. The van der Waals surface area contributed by atoms with Gasteiger partial charge in [-0.1, -0.05) is 137 Å². The first-order valence-electron chi connectivity index (χ1n) is 20.3. The third-order valence-electron chi connectivity index (χ3n) is 7.99. The minimum atomic E-state index is -4.65. The van der Waals surface area contributed by atoms with E-state index in [2.05, 4.69) is 56.4 Å². The number of nitrogens with zero attached hydrogens (tertiary/aromatic N) is 1. The lowest BCUT2D eigenvalue weighted by atomic mass is 10.1. The second kappa shape index (κ2) is 35.9. The molecule has 0 aliphatic carbocycles. The zero-order valence-corrected chi connectivity index (χ0v) is 35.3. The summed E-state index contributed by atoms with van der Waals surface area (Å²) in [5.74, 6) is -0.953. The molecule has 0 amide bonds. The van der Waals surface area contributed by atoms with Crippen molar-refractivity contribution in [1.29, 1.82) is 0 Å². The summed E-state index contributed by atoms with van der Waals surface area (Å²) in [7, 11) is 1.09. The molecule has 308 valence electrons. The fourth-order valence-electron chi connectivity index (χ4n) is 4.80. The molecule has 9 nitrogen and oxygen atoms in total. The largest absolute Gasteiger partial charge is 0.756 e. The predicted molar refractivity (Wildman–Crippen MR) is 222 cm³/mol. The van der Waals surface area contributed by atoms with Gasteiger partial charge in [0.15, 0.2) is 6.10 Å². The molecule has 54 heavy (non-hydrogen) atoms. The molecule has 0 saturated heterocycles. The lowest BCUT2D eigenvalue weighted by molar-refractivity contribution is -0.870. The molecule has 0 heterocycles. The molecule has 0 aromatic carbocycles. The molecular weight excluding hydrogens is 701 g/mol. The van der Waals surface area contributed by atoms with E-state index in [1.54, 1.807) is 0 Å². The van der Waals surface area contributed by atoms with Gasteiger partial charge in [0.2, 0.25) is 0 Å². The summed E-state index contributed by atoms with van der Waals surface area (Å²) in [4.78, 5) is 37.4. The Kier molecular flexibility index (Phi) is 34.0. The predicted octanol–water partition coefficient (Wildman–Crippen LogP) is 10.6. The molecule has 0 radical (unpaired) electrons. The molecule has 0 saturated carbocycles. The maximum atomic E-state index is 12.6. The first-order valence-corrected chi connectivity index (χ1v) is 21.8. The lowest BCUT2D eigenvalue weighted by Gasteiger charge is -2.28. The maximum Gasteiger partial charge on any atom is 0.306 e. The maximum absolute atomic E-state index is 12.6. The van der Waals surface area contributed by atoms with E-state index in [9.17, 15) is 19.0 Å². The van der Waals surface area contributed by atoms with Crippen molar-refractivity contribution in [3.8, 4) is 0 Å². The van der Waals surface area contributed by atoms with E-state index < -0.39 is 32.5 Å². The van der Waals surface area contributed by atoms with Crippen molar-refractivity contribution in [2.24, 2.45) is 0 Å². The van der Waals surface area contributed by atoms with Gasteiger partial charge in [-0.05, 0) is 64.2 Å². The van der Waals surface area contributed by atoms with E-state index in [1.807, 2.05) is 63.7 Å². The van der Waals surface area contributed by atoms with Crippen LogP contribution < -0.4 is 4.89 Å². The van der Waals surface area contributed by atoms with Crippen LogP contribution in [0.3, 0.4) is 0 Å². The fourth-order valence-corrected chi connectivity index (χ4v) is 5.52. The Morgan fingerprint density at radius 3 is 1.80 bits per heavy atom. The van der Waals surface area contributed by atoms with Gasteiger partial charge in [0.25, 0.3) is 7.82 Å². The highest BCUT2D eigenvalue weighted by Gasteiger charge is 2.21. The fraction of sp³-hybridized carbons (Fsp3) is 0.636. The number of hydrogen-bond donors (Lipinski definition) is 0. The average Bonchev–Trinajstić information content (AvgIpc) is 3.12. The highest BCUT2D eigenvalue weighted by atomic mass is 31.2. The quantitative estimate of drug-likeness (QED) is 0.0156. The van der Waals surface area contributed by atoms with Gasteiger partial charge in [-0.25, -0.2) is 0 Å². The summed E-state index contributed by atoms with van der Waals surface area (Å²) in [6.07, 6.45) is 44.8. The van der Waals surface area contributed by atoms with Gasteiger partial charge in [-0.15, -0.1) is 0 Å². The molecule has 10 heteroatoms. The number of carbonyl (C=O) groups is 2. The van der Waals surface area contributed by atoms with Gasteiger partial charge < -0.3 is 27.9 Å². The number of quaternary nitrogens is 1. The summed E-state index contributed by atoms with van der Waals surface area (Å²) in [6, 6.07) is 0. The van der Waals surface area contributed by atoms with Crippen LogP contribution in [0.2, 0.25) is 0 Å². The van der Waals surface area contributed by atoms with Crippen molar-refractivity contribution in [3.05, 3.63) is 85.1 Å². The number of allylic oxidation sites excluding steroid dienone is 14. The van der Waals surface area contributed by atoms with Crippen molar-refractivity contribution < 1.29 is 42.1 Å². The van der Waals surface area contributed by atoms with E-state index in [1.165, 1.54) is 38.5 Å². The number of phosphoric ester groups is 1. The van der Waals surface area contributed by atoms with Crippen LogP contribution in [-0.4, -0.2) is 70.0 Å². The zero-order chi connectivity index (χ0) is 40.0. The molecule has 0 spiro atoms. The third kappa shape index (κ3) is 38.9. The second-order valence-electron chi connectivity index (χ2n) is 14.4. The Labute approximate surface area is 329 Å². The van der Waals surface area contributed by atoms with Gasteiger partial charge in [0.05, 0.1) is 27.7 Å². The Hall–Kier alpha value is -2.81. The molecule has 0 rings (SSSR count). The summed E-state index contributed by atoms with van der Waals surface area (Å²) in [5.41, 5.74) is 0. The van der Waals surface area contributed by atoms with E-state index in [4.69, 9.17) is 18.5 Å². The summed E-state index contributed by atoms with van der Waals surface area (Å²) >= 11 is 0. The normalized spacial score (nSPS) is 14.6. The Morgan fingerprint density at radius 1 is 0.611 bits per heavy atom. The molecule has 0 aromatic rings. The van der Waals surface area contributed by atoms with Gasteiger partial charge >= 0.3 is 11.9 Å². The van der Waals surface area contributed by atoms with Crippen molar-refractivity contribution >= 4 is 19.8 Å². The monoisotopic (exact) mass is 776 g/mol. The third-order valence-corrected chi connectivity index (χ3v) is 8.96. The topological polar surface area (TPSA) is 111 Å². The van der Waals surface area contributed by atoms with Crippen LogP contribution in [0.1, 0.15) is 129 Å². The number of likely N-dealkylation sites (N-methyl/N-ethyl adjacent to an activating group) is 1. The number of hydrogen-bond acceptors (Lipinski definition) is 8. The average molecular weight is 776 g/mol. The first kappa shape index (κ1) is 51.2. The minimum Gasteiger partial charge on any atom is -0.756 e. The standard InChI is InChI=1S/C44H74NO8P/c1-6-8-10-12-14-16-18-20-21-22-23-25-26-28-30-32-34-36-43(46)50-40-42(41-52-54(48,49)51-39-38-45(3,4)5)53-44(47)37-35-33-31-29-27-24-19-17-15-13-11-9-7-2/h9,11,13,15,17,19-21,23-25,27-28,30,42H,6-8,10,12,14,16,18,22,26,29,31-41H2,1-5H3/b11-9+,15-13+,19-17+,21-20+,25-23+,27-24+,30-28+. The Balaban J connectivity index is 4.56. The summed E-state index contributed by atoms with van der Waals surface area (Å²) in [5, 5.41) is 0. The molecule has 0 fully saturated rings. The Bertz CT molecular complexity index is 1200. The number of rotatable bonds is 35. The smallest absolute Gasteiger partial charge is 0.306 e. The van der Waals surface area contributed by atoms with Crippen LogP contribution in [0.4, 0.5) is 0 Å². The van der Waals surface area contributed by atoms with E-state index in [0.717, 1.165) is 51.4 Å². The summed E-state index contributed by atoms with van der Waals surface area (Å²) < 4.78 is 33.7. The van der Waals surface area contributed by atoms with Crippen LogP contribution >= 0.6 is 7.82 Å². The van der Waals surface area contributed by atoms with Crippen molar-refractivity contribution in [2.45, 2.75) is 136 Å². The van der Waals surface area contributed by atoms with Crippen molar-refractivity contribution in [3.63, 3.8) is 0 Å². The summed E-state index contributed by atoms with van der Waals surface area (Å²) in [6.45, 7) is 3.93. The molecule has 0 aromatic heterocycles. The van der Waals surface area contributed by atoms with Crippen LogP contribution in [-0.2, 0) is 32.7 Å². The van der Waals surface area contributed by atoms with Crippen LogP contribution in [0, 0.1) is 0 Å². The van der Waals surface area contributed by atoms with Gasteiger partial charge in [-0.2, -0.15) is 0 Å². The molecule has 0 aliphatic rings. The highest BCUT2D eigenvalue weighted by molar-refractivity contribution is 7.45. The van der Waals surface area contributed by atoms with E-state index >= 15 is 0 Å². The number of phosphoric acid groups is 1. The van der Waals surface area contributed by atoms with Gasteiger partial charge in [0, 0.05) is 12.8 Å². The SMILES string of the molecule is CC/C=C/C=C/C=C/C=C/CCCCCC(=O)OC(COC(=O)CCC/C=C/C/C=C/C/C=C/CCCCCCCC)COP(=O)([O-])OCC[N+](C)(C)C. The highest BCUT2D eigenvalue weighted by Crippen LogP contribution is 2.38. The molecule has 2 atom stereocenters. The first-order chi connectivity index (χ1) is 26.0. The second-order valence-corrected chi connectivity index (χ2v) is 15.8. The molecular formula is C44H74NO8P. The van der Waals surface area contributed by atoms with Crippen LogP contribution in [0.5, 0.6) is 0 Å². The molecule has 0 aliphatic heterocycles. The van der Waals surface area contributed by atoms with Gasteiger partial charge in [0.1, 0.15) is 19.8 Å². The van der Waals surface area contributed by atoms with Crippen molar-refractivity contribution in [1.82, 2.24) is 0 Å². The van der Waals surface area contributed by atoms with Crippen LogP contribution in [0.15, 0.2) is 85.1 Å². The Morgan fingerprint density at radius 2 is 1.15 bits per heavy atom. The number of ether oxygens (including phenoxy) is 2.